The highest BCUT2D eigenvalue weighted by molar-refractivity contribution is 5.82. The van der Waals surface area contributed by atoms with Crippen molar-refractivity contribution in [2.24, 2.45) is 0 Å². The molecule has 2 rings (SSSR count). The van der Waals surface area contributed by atoms with Gasteiger partial charge in [-0.1, -0.05) is 0 Å². The second kappa shape index (κ2) is 4.53. The highest BCUT2D eigenvalue weighted by Gasteiger charge is 2.30. The third-order valence-corrected chi connectivity index (χ3v) is 2.70. The minimum atomic E-state index is -4.50. The highest BCUT2D eigenvalue weighted by atomic mass is 19.4. The molecule has 3 nitrogen and oxygen atoms in total. The molecule has 1 aromatic heterocycles. The summed E-state index contributed by atoms with van der Waals surface area (Å²) in [5.74, 6) is -0.148. The van der Waals surface area contributed by atoms with Crippen molar-refractivity contribution in [3.8, 4) is 0 Å². The lowest BCUT2D eigenvalue weighted by atomic mass is 10.1. The van der Waals surface area contributed by atoms with Crippen molar-refractivity contribution in [1.82, 2.24) is 4.57 Å². The lowest BCUT2D eigenvalue weighted by Gasteiger charge is -2.11. The van der Waals surface area contributed by atoms with E-state index in [1.165, 1.54) is 23.8 Å². The van der Waals surface area contributed by atoms with E-state index < -0.39 is 17.2 Å². The van der Waals surface area contributed by atoms with Crippen LogP contribution >= 0.6 is 0 Å². The van der Waals surface area contributed by atoms with Crippen molar-refractivity contribution in [1.29, 1.82) is 0 Å². The highest BCUT2D eigenvalue weighted by Crippen LogP contribution is 2.30. The zero-order valence-electron chi connectivity index (χ0n) is 9.99. The molecule has 0 amide bonds. The fourth-order valence-corrected chi connectivity index (χ4v) is 1.87. The number of alkyl halides is 3. The summed E-state index contributed by atoms with van der Waals surface area (Å²) in [5, 5.41) is -0.0430. The Balaban J connectivity index is 2.70. The molecular weight excluding hydrogens is 259 g/mol. The van der Waals surface area contributed by atoms with Gasteiger partial charge < -0.3 is 4.57 Å². The van der Waals surface area contributed by atoms with Crippen molar-refractivity contribution in [2.75, 3.05) is 0 Å². The normalized spacial score (nSPS) is 11.8. The third kappa shape index (κ3) is 2.67. The summed E-state index contributed by atoms with van der Waals surface area (Å²) < 4.78 is 39.2. The minimum Gasteiger partial charge on any atom is -0.340 e. The van der Waals surface area contributed by atoms with Crippen molar-refractivity contribution in [2.45, 2.75) is 19.6 Å². The number of ketones is 1. The molecule has 0 unspecified atom stereocenters. The van der Waals surface area contributed by atoms with Crippen LogP contribution in [0.2, 0.25) is 0 Å². The van der Waals surface area contributed by atoms with Gasteiger partial charge in [0.05, 0.1) is 17.6 Å². The average molecular weight is 269 g/mol. The molecule has 0 radical (unpaired) electrons. The number of nitrogens with zero attached hydrogens (tertiary/aromatic N) is 1. The maximum atomic E-state index is 12.6. The van der Waals surface area contributed by atoms with E-state index in [1.54, 1.807) is 0 Å². The van der Waals surface area contributed by atoms with Crippen molar-refractivity contribution >= 4 is 16.7 Å². The molecule has 100 valence electrons. The van der Waals surface area contributed by atoms with Crippen LogP contribution in [0.15, 0.2) is 35.3 Å². The summed E-state index contributed by atoms with van der Waals surface area (Å²) in [6.45, 7) is 1.39. The summed E-state index contributed by atoms with van der Waals surface area (Å²) in [6.07, 6.45) is -3.10. The van der Waals surface area contributed by atoms with Crippen LogP contribution in [0.3, 0.4) is 0 Å². The van der Waals surface area contributed by atoms with E-state index in [9.17, 15) is 22.8 Å². The van der Waals surface area contributed by atoms with Gasteiger partial charge in [-0.15, -0.1) is 0 Å². The standard InChI is InChI=1S/C13H10F3NO2/c1-8(18)7-17-5-4-12(19)10-6-9(13(14,15)16)2-3-11(10)17/h2-6H,7H2,1H3. The molecular formula is C13H10F3NO2. The Morgan fingerprint density at radius 3 is 2.53 bits per heavy atom. The van der Waals surface area contributed by atoms with Gasteiger partial charge in [0, 0.05) is 17.6 Å². The van der Waals surface area contributed by atoms with Crippen LogP contribution in [-0.2, 0) is 17.5 Å². The summed E-state index contributed by atoms with van der Waals surface area (Å²) in [4.78, 5) is 22.7. The Hall–Kier alpha value is -2.11. The third-order valence-electron chi connectivity index (χ3n) is 2.70. The summed E-state index contributed by atoms with van der Waals surface area (Å²) in [5.41, 5.74) is -1.06. The van der Waals surface area contributed by atoms with Crippen molar-refractivity contribution in [3.05, 3.63) is 46.2 Å². The van der Waals surface area contributed by atoms with Gasteiger partial charge in [-0.05, 0) is 25.1 Å². The van der Waals surface area contributed by atoms with Gasteiger partial charge >= 0.3 is 6.18 Å². The lowest BCUT2D eigenvalue weighted by Crippen LogP contribution is -2.13. The summed E-state index contributed by atoms with van der Waals surface area (Å²) in [7, 11) is 0. The quantitative estimate of drug-likeness (QED) is 0.840. The number of fused-ring (bicyclic) bond motifs is 1. The Morgan fingerprint density at radius 1 is 1.26 bits per heavy atom. The Kier molecular flexibility index (Phi) is 3.18. The van der Waals surface area contributed by atoms with Crippen LogP contribution in [0.5, 0.6) is 0 Å². The number of Topliss-reactive ketones (excluding diaryl/α,β-unsaturated/α-hetero) is 1. The van der Waals surface area contributed by atoms with Gasteiger partial charge in [0.1, 0.15) is 5.78 Å². The smallest absolute Gasteiger partial charge is 0.340 e. The van der Waals surface area contributed by atoms with Gasteiger partial charge in [0.2, 0.25) is 0 Å². The van der Waals surface area contributed by atoms with Crippen LogP contribution in [0, 0.1) is 0 Å². The first kappa shape index (κ1) is 13.3. The van der Waals surface area contributed by atoms with Crippen LogP contribution in [0.1, 0.15) is 12.5 Å². The van der Waals surface area contributed by atoms with Gasteiger partial charge in [-0.25, -0.2) is 0 Å². The number of hydrogen-bond acceptors (Lipinski definition) is 2. The van der Waals surface area contributed by atoms with Gasteiger partial charge in [-0.2, -0.15) is 13.2 Å². The molecule has 0 aliphatic heterocycles. The molecule has 0 spiro atoms. The van der Waals surface area contributed by atoms with E-state index in [-0.39, 0.29) is 17.7 Å². The first-order valence-electron chi connectivity index (χ1n) is 5.49. The molecule has 6 heteroatoms. The number of hydrogen-bond donors (Lipinski definition) is 0. The Bertz CT molecular complexity index is 701. The first-order valence-corrected chi connectivity index (χ1v) is 5.49. The predicted molar refractivity (Wildman–Crippen MR) is 63.9 cm³/mol. The number of halogens is 3. The van der Waals surface area contributed by atoms with E-state index in [1.807, 2.05) is 0 Å². The molecule has 0 saturated carbocycles. The Morgan fingerprint density at radius 2 is 1.95 bits per heavy atom. The molecule has 0 fully saturated rings. The molecule has 19 heavy (non-hydrogen) atoms. The first-order chi connectivity index (χ1) is 8.79. The summed E-state index contributed by atoms with van der Waals surface area (Å²) >= 11 is 0. The molecule has 1 heterocycles. The maximum absolute atomic E-state index is 12.6. The monoisotopic (exact) mass is 269 g/mol. The van der Waals surface area contributed by atoms with Crippen LogP contribution in [0.4, 0.5) is 13.2 Å². The van der Waals surface area contributed by atoms with Crippen molar-refractivity contribution < 1.29 is 18.0 Å². The maximum Gasteiger partial charge on any atom is 0.416 e. The molecule has 1 aromatic carbocycles. The largest absolute Gasteiger partial charge is 0.416 e. The average Bonchev–Trinajstić information content (AvgIpc) is 2.31. The molecule has 0 N–H and O–H groups in total. The Labute approximate surface area is 106 Å². The van der Waals surface area contributed by atoms with E-state index in [0.717, 1.165) is 18.2 Å². The summed E-state index contributed by atoms with van der Waals surface area (Å²) in [6, 6.07) is 4.08. The number of aromatic nitrogens is 1. The van der Waals surface area contributed by atoms with Gasteiger partial charge in [0.25, 0.3) is 0 Å². The number of carbonyl (C=O) groups excluding carboxylic acids is 1. The molecule has 0 bridgehead atoms. The molecule has 0 atom stereocenters. The zero-order chi connectivity index (χ0) is 14.2. The second-order valence-corrected chi connectivity index (χ2v) is 4.24. The molecule has 0 aliphatic rings. The number of pyridine rings is 1. The van der Waals surface area contributed by atoms with Crippen molar-refractivity contribution in [3.63, 3.8) is 0 Å². The second-order valence-electron chi connectivity index (χ2n) is 4.24. The predicted octanol–water partition coefficient (Wildman–Crippen LogP) is 2.61. The topological polar surface area (TPSA) is 39.1 Å². The van der Waals surface area contributed by atoms with E-state index in [2.05, 4.69) is 0 Å². The minimum absolute atomic E-state index is 0.0160. The van der Waals surface area contributed by atoms with E-state index in [4.69, 9.17) is 0 Å². The number of benzene rings is 1. The van der Waals surface area contributed by atoms with Crippen LogP contribution < -0.4 is 5.43 Å². The number of rotatable bonds is 2. The number of carbonyl (C=O) groups is 1. The van der Waals surface area contributed by atoms with Gasteiger partial charge in [0.15, 0.2) is 5.43 Å². The van der Waals surface area contributed by atoms with E-state index in [0.29, 0.717) is 5.52 Å². The van der Waals surface area contributed by atoms with Gasteiger partial charge in [-0.3, -0.25) is 9.59 Å². The fraction of sp³-hybridized carbons (Fsp3) is 0.231. The molecule has 0 saturated heterocycles. The molecule has 2 aromatic rings. The zero-order valence-corrected chi connectivity index (χ0v) is 9.99. The molecule has 0 aliphatic carbocycles. The van der Waals surface area contributed by atoms with E-state index >= 15 is 0 Å². The SMILES string of the molecule is CC(=O)Cn1ccc(=O)c2cc(C(F)(F)F)ccc21. The fourth-order valence-electron chi connectivity index (χ4n) is 1.87. The lowest BCUT2D eigenvalue weighted by molar-refractivity contribution is -0.137. The van der Waals surface area contributed by atoms with Crippen LogP contribution in [0.25, 0.3) is 10.9 Å². The van der Waals surface area contributed by atoms with Crippen LogP contribution in [-0.4, -0.2) is 10.4 Å².